The predicted molar refractivity (Wildman–Crippen MR) is 50.1 cm³/mol. The van der Waals surface area contributed by atoms with Crippen LogP contribution in [0.2, 0.25) is 0 Å². The van der Waals surface area contributed by atoms with Gasteiger partial charge in [0.2, 0.25) is 5.92 Å². The smallest absolute Gasteiger partial charge is 0.313 e. The number of hydrogen-bond acceptors (Lipinski definition) is 2. The van der Waals surface area contributed by atoms with E-state index in [1.165, 1.54) is 6.92 Å². The molecule has 0 bridgehead atoms. The van der Waals surface area contributed by atoms with Gasteiger partial charge in [-0.2, -0.15) is 26.3 Å². The van der Waals surface area contributed by atoms with Gasteiger partial charge in [-0.25, -0.2) is 0 Å². The van der Waals surface area contributed by atoms with Crippen LogP contribution in [0.1, 0.15) is 24.5 Å². The number of halogens is 7. The standard InChI is InChI=1S/C8H8ClF6N3/c1-2-18-4(3-9)16-17-6(18)5(7(10,11)12)8(13,14)15/h5H,2-3H2,1H3. The van der Waals surface area contributed by atoms with Crippen LogP contribution < -0.4 is 0 Å². The lowest BCUT2D eigenvalue weighted by atomic mass is 10.1. The molecule has 3 nitrogen and oxygen atoms in total. The van der Waals surface area contributed by atoms with E-state index in [-0.39, 0.29) is 18.2 Å². The van der Waals surface area contributed by atoms with Crippen molar-refractivity contribution < 1.29 is 26.3 Å². The fourth-order valence-electron chi connectivity index (χ4n) is 1.48. The minimum Gasteiger partial charge on any atom is -0.313 e. The summed E-state index contributed by atoms with van der Waals surface area (Å²) in [5.74, 6) is -5.29. The van der Waals surface area contributed by atoms with Gasteiger partial charge in [-0.05, 0) is 6.92 Å². The van der Waals surface area contributed by atoms with Crippen LogP contribution >= 0.6 is 11.6 Å². The van der Waals surface area contributed by atoms with Crippen LogP contribution in [0.25, 0.3) is 0 Å². The summed E-state index contributed by atoms with van der Waals surface area (Å²) >= 11 is 5.37. The van der Waals surface area contributed by atoms with Gasteiger partial charge in [-0.3, -0.25) is 0 Å². The zero-order chi connectivity index (χ0) is 14.1. The van der Waals surface area contributed by atoms with Crippen LogP contribution in [0.4, 0.5) is 26.3 Å². The Kier molecular flexibility index (Phi) is 4.14. The summed E-state index contributed by atoms with van der Waals surface area (Å²) in [6.45, 7) is 1.25. The van der Waals surface area contributed by atoms with E-state index in [9.17, 15) is 26.3 Å². The molecule has 0 saturated carbocycles. The van der Waals surface area contributed by atoms with Gasteiger partial charge in [0.05, 0.1) is 5.88 Å². The zero-order valence-corrected chi connectivity index (χ0v) is 9.73. The molecule has 0 atom stereocenters. The van der Waals surface area contributed by atoms with Crippen molar-refractivity contribution in [3.05, 3.63) is 11.6 Å². The van der Waals surface area contributed by atoms with Crippen molar-refractivity contribution in [2.45, 2.75) is 37.6 Å². The number of nitrogens with zero attached hydrogens (tertiary/aromatic N) is 3. The summed E-state index contributed by atoms with van der Waals surface area (Å²) in [5, 5.41) is 6.21. The van der Waals surface area contributed by atoms with Crippen molar-refractivity contribution in [2.24, 2.45) is 0 Å². The molecule has 10 heteroatoms. The van der Waals surface area contributed by atoms with Crippen LogP contribution in [0.5, 0.6) is 0 Å². The van der Waals surface area contributed by atoms with Gasteiger partial charge in [0.25, 0.3) is 0 Å². The van der Waals surface area contributed by atoms with Gasteiger partial charge in [-0.15, -0.1) is 21.8 Å². The van der Waals surface area contributed by atoms with Gasteiger partial charge in [0.15, 0.2) is 5.82 Å². The maximum absolute atomic E-state index is 12.5. The average molecular weight is 296 g/mol. The molecule has 0 saturated heterocycles. The fourth-order valence-corrected chi connectivity index (χ4v) is 1.68. The monoisotopic (exact) mass is 295 g/mol. The maximum atomic E-state index is 12.5. The minimum atomic E-state index is -5.48. The summed E-state index contributed by atoms with van der Waals surface area (Å²) in [6.07, 6.45) is -11.0. The van der Waals surface area contributed by atoms with Gasteiger partial charge in [0, 0.05) is 6.54 Å². The molecule has 1 rings (SSSR count). The van der Waals surface area contributed by atoms with E-state index >= 15 is 0 Å². The third-order valence-electron chi connectivity index (χ3n) is 2.20. The second-order valence-corrected chi connectivity index (χ2v) is 3.64. The van der Waals surface area contributed by atoms with Crippen molar-refractivity contribution in [3.8, 4) is 0 Å². The first-order chi connectivity index (χ1) is 8.12. The maximum Gasteiger partial charge on any atom is 0.407 e. The molecule has 1 aromatic rings. The van der Waals surface area contributed by atoms with Crippen LogP contribution in [-0.4, -0.2) is 27.1 Å². The average Bonchev–Trinajstić information content (AvgIpc) is 2.55. The lowest BCUT2D eigenvalue weighted by Gasteiger charge is -2.22. The van der Waals surface area contributed by atoms with Crippen LogP contribution in [-0.2, 0) is 12.4 Å². The first kappa shape index (κ1) is 15.1. The van der Waals surface area contributed by atoms with Crippen molar-refractivity contribution in [1.29, 1.82) is 0 Å². The van der Waals surface area contributed by atoms with Crippen LogP contribution in [0.3, 0.4) is 0 Å². The zero-order valence-electron chi connectivity index (χ0n) is 8.98. The molecule has 1 heterocycles. The molecule has 0 radical (unpaired) electrons. The quantitative estimate of drug-likeness (QED) is 0.633. The third-order valence-corrected chi connectivity index (χ3v) is 2.44. The number of hydrogen-bond donors (Lipinski definition) is 0. The molecule has 18 heavy (non-hydrogen) atoms. The largest absolute Gasteiger partial charge is 0.407 e. The summed E-state index contributed by atoms with van der Waals surface area (Å²) in [5.41, 5.74) is 0. The molecule has 0 spiro atoms. The van der Waals surface area contributed by atoms with Crippen LogP contribution in [0.15, 0.2) is 0 Å². The molecule has 0 aliphatic rings. The topological polar surface area (TPSA) is 30.7 Å². The Morgan fingerprint density at radius 1 is 1.11 bits per heavy atom. The number of alkyl halides is 7. The molecular formula is C8H8ClF6N3. The molecule has 1 aromatic heterocycles. The Bertz CT molecular complexity index is 396. The van der Waals surface area contributed by atoms with E-state index in [0.29, 0.717) is 0 Å². The summed E-state index contributed by atoms with van der Waals surface area (Å²) in [4.78, 5) is 0. The first-order valence-electron chi connectivity index (χ1n) is 4.74. The van der Waals surface area contributed by atoms with E-state index in [2.05, 4.69) is 10.2 Å². The highest BCUT2D eigenvalue weighted by atomic mass is 35.5. The number of aromatic nitrogens is 3. The van der Waals surface area contributed by atoms with E-state index in [4.69, 9.17) is 11.6 Å². The molecule has 0 amide bonds. The lowest BCUT2D eigenvalue weighted by Crippen LogP contribution is -2.36. The van der Waals surface area contributed by atoms with Gasteiger partial charge < -0.3 is 4.57 Å². The molecule has 0 aromatic carbocycles. The molecule has 0 unspecified atom stereocenters. The molecule has 0 aliphatic carbocycles. The van der Waals surface area contributed by atoms with Crippen molar-refractivity contribution in [2.75, 3.05) is 0 Å². The molecular weight excluding hydrogens is 288 g/mol. The highest BCUT2D eigenvalue weighted by molar-refractivity contribution is 6.16. The van der Waals surface area contributed by atoms with Gasteiger partial charge in [0.1, 0.15) is 5.82 Å². The second-order valence-electron chi connectivity index (χ2n) is 3.37. The fraction of sp³-hybridized carbons (Fsp3) is 0.750. The van der Waals surface area contributed by atoms with Crippen molar-refractivity contribution in [3.63, 3.8) is 0 Å². The Labute approximate surface area is 103 Å². The number of rotatable bonds is 3. The highest BCUT2D eigenvalue weighted by Gasteiger charge is 2.60. The minimum absolute atomic E-state index is 0.132. The normalized spacial score (nSPS) is 13.4. The second kappa shape index (κ2) is 4.94. The van der Waals surface area contributed by atoms with Crippen LogP contribution in [0, 0.1) is 0 Å². The molecule has 0 N–H and O–H groups in total. The Balaban J connectivity index is 3.35. The summed E-state index contributed by atoms with van der Waals surface area (Å²) in [6, 6.07) is 0. The Hall–Kier alpha value is -0.990. The van der Waals surface area contributed by atoms with Crippen molar-refractivity contribution in [1.82, 2.24) is 14.8 Å². The Morgan fingerprint density at radius 2 is 1.61 bits per heavy atom. The SMILES string of the molecule is CCn1c(CCl)nnc1C(C(F)(F)F)C(F)(F)F. The van der Waals surface area contributed by atoms with Crippen molar-refractivity contribution >= 4 is 11.6 Å². The molecule has 0 fully saturated rings. The van der Waals surface area contributed by atoms with E-state index in [1.807, 2.05) is 0 Å². The van der Waals surface area contributed by atoms with E-state index in [0.717, 1.165) is 4.57 Å². The van der Waals surface area contributed by atoms with Gasteiger partial charge in [-0.1, -0.05) is 0 Å². The highest BCUT2D eigenvalue weighted by Crippen LogP contribution is 2.45. The first-order valence-corrected chi connectivity index (χ1v) is 5.27. The van der Waals surface area contributed by atoms with E-state index < -0.39 is 24.1 Å². The summed E-state index contributed by atoms with van der Waals surface area (Å²) < 4.78 is 75.7. The molecule has 104 valence electrons. The Morgan fingerprint density at radius 3 is 1.94 bits per heavy atom. The van der Waals surface area contributed by atoms with E-state index in [1.54, 1.807) is 0 Å². The van der Waals surface area contributed by atoms with Gasteiger partial charge >= 0.3 is 12.4 Å². The summed E-state index contributed by atoms with van der Waals surface area (Å²) in [7, 11) is 0. The predicted octanol–water partition coefficient (Wildman–Crippen LogP) is 3.25. The molecule has 0 aliphatic heterocycles. The lowest BCUT2D eigenvalue weighted by molar-refractivity contribution is -0.256. The third kappa shape index (κ3) is 2.88.